The van der Waals surface area contributed by atoms with Crippen LogP contribution in [0.4, 0.5) is 0 Å². The van der Waals surface area contributed by atoms with Crippen molar-refractivity contribution in [3.8, 4) is 0 Å². The molecule has 0 aromatic rings. The van der Waals surface area contributed by atoms with E-state index in [1.165, 1.54) is 33.0 Å². The second-order valence-electron chi connectivity index (χ2n) is 7.72. The summed E-state index contributed by atoms with van der Waals surface area (Å²) in [4.78, 5) is 25.4. The molecule has 0 bridgehead atoms. The summed E-state index contributed by atoms with van der Waals surface area (Å²) >= 11 is 0. The molecule has 0 spiro atoms. The van der Waals surface area contributed by atoms with Crippen molar-refractivity contribution in [2.45, 2.75) is 75.0 Å². The van der Waals surface area contributed by atoms with Crippen LogP contribution in [0.2, 0.25) is 0 Å². The summed E-state index contributed by atoms with van der Waals surface area (Å²) in [7, 11) is 4.26. The maximum Gasteiger partial charge on any atom is 0.254 e. The van der Waals surface area contributed by atoms with Crippen molar-refractivity contribution < 1.29 is 49.0 Å². The van der Waals surface area contributed by atoms with Crippen LogP contribution in [-0.4, -0.2) is 126 Å². The van der Waals surface area contributed by atoms with Gasteiger partial charge in [-0.3, -0.25) is 9.59 Å². The van der Waals surface area contributed by atoms with Gasteiger partial charge in [0.2, 0.25) is 5.91 Å². The fraction of sp³-hybridized carbons (Fsp3) is 0.889. The number of amides is 2. The monoisotopic (exact) mass is 436 g/mol. The van der Waals surface area contributed by atoms with E-state index in [2.05, 4.69) is 5.32 Å². The maximum atomic E-state index is 12.5. The molecule has 2 fully saturated rings. The molecule has 12 nitrogen and oxygen atoms in total. The quantitative estimate of drug-likeness (QED) is 0.283. The zero-order valence-corrected chi connectivity index (χ0v) is 17.7. The van der Waals surface area contributed by atoms with E-state index >= 15 is 0 Å². The highest BCUT2D eigenvalue weighted by atomic mass is 16.7. The van der Waals surface area contributed by atoms with E-state index in [1.807, 2.05) is 0 Å². The first kappa shape index (κ1) is 24.9. The lowest BCUT2D eigenvalue weighted by atomic mass is 9.92. The van der Waals surface area contributed by atoms with E-state index in [4.69, 9.17) is 18.9 Å². The number of rotatable bonds is 6. The van der Waals surface area contributed by atoms with Crippen molar-refractivity contribution in [3.63, 3.8) is 0 Å². The van der Waals surface area contributed by atoms with E-state index in [1.54, 1.807) is 6.92 Å². The van der Waals surface area contributed by atoms with Crippen molar-refractivity contribution in [2.75, 3.05) is 27.8 Å². The number of carbonyl (C=O) groups excluding carboxylic acids is 2. The molecule has 0 saturated carbocycles. The summed E-state index contributed by atoms with van der Waals surface area (Å²) in [5, 5.41) is 43.7. The zero-order chi connectivity index (χ0) is 22.7. The number of hydrogen-bond acceptors (Lipinski definition) is 10. The topological polar surface area (TPSA) is 167 Å². The van der Waals surface area contributed by atoms with E-state index < -0.39 is 79.6 Å². The van der Waals surface area contributed by atoms with Gasteiger partial charge in [0, 0.05) is 28.1 Å². The van der Waals surface area contributed by atoms with Crippen LogP contribution < -0.4 is 5.32 Å². The number of nitrogens with zero attached hydrogens (tertiary/aromatic N) is 1. The van der Waals surface area contributed by atoms with Crippen LogP contribution in [0.3, 0.4) is 0 Å². The summed E-state index contributed by atoms with van der Waals surface area (Å²) in [6.07, 6.45) is -11.3. The van der Waals surface area contributed by atoms with Gasteiger partial charge in [0.1, 0.15) is 36.6 Å². The predicted molar refractivity (Wildman–Crippen MR) is 100 cm³/mol. The van der Waals surface area contributed by atoms with Gasteiger partial charge in [0.25, 0.3) is 5.91 Å². The Balaban J connectivity index is 2.30. The number of ether oxygens (including phenoxy) is 4. The lowest BCUT2D eigenvalue weighted by Crippen LogP contribution is -2.68. The van der Waals surface area contributed by atoms with Gasteiger partial charge >= 0.3 is 0 Å². The van der Waals surface area contributed by atoms with Crippen LogP contribution in [-0.2, 0) is 28.5 Å². The highest BCUT2D eigenvalue weighted by Crippen LogP contribution is 2.30. The number of methoxy groups -OCH3 is 1. The molecule has 2 amide bonds. The van der Waals surface area contributed by atoms with Gasteiger partial charge in [-0.25, -0.2) is 0 Å². The van der Waals surface area contributed by atoms with Crippen molar-refractivity contribution in [1.82, 2.24) is 10.2 Å². The van der Waals surface area contributed by atoms with E-state index in [0.717, 1.165) is 0 Å². The molecule has 174 valence electrons. The average molecular weight is 436 g/mol. The minimum Gasteiger partial charge on any atom is -0.394 e. The molecule has 12 heteroatoms. The van der Waals surface area contributed by atoms with Crippen LogP contribution >= 0.6 is 0 Å². The fourth-order valence-electron chi connectivity index (χ4n) is 3.70. The summed E-state index contributed by atoms with van der Waals surface area (Å²) in [5.74, 6) is -0.933. The summed E-state index contributed by atoms with van der Waals surface area (Å²) in [6, 6.07) is -0.851. The first-order chi connectivity index (χ1) is 14.0. The van der Waals surface area contributed by atoms with Crippen LogP contribution in [0.1, 0.15) is 13.8 Å². The second-order valence-corrected chi connectivity index (χ2v) is 7.72. The van der Waals surface area contributed by atoms with Gasteiger partial charge in [-0.1, -0.05) is 0 Å². The van der Waals surface area contributed by atoms with Gasteiger partial charge in [0.15, 0.2) is 12.4 Å². The molecule has 2 aliphatic heterocycles. The van der Waals surface area contributed by atoms with Crippen molar-refractivity contribution in [2.24, 2.45) is 0 Å². The number of aliphatic hydroxyl groups excluding tert-OH is 4. The molecule has 2 aliphatic rings. The van der Waals surface area contributed by atoms with Gasteiger partial charge in [-0.05, 0) is 6.92 Å². The van der Waals surface area contributed by atoms with Gasteiger partial charge in [0.05, 0.1) is 18.8 Å². The standard InChI is InChI=1S/C18H32N2O10/c1-7-10(19-8(2)22)14(11(23)9(6-21)28-7)29-18-13(25)12(24)15(27-5)16(30-18)17(26)20(3)4/h7,9-16,18,21,23-25H,6H2,1-5H3,(H,19,22). The number of aliphatic hydroxyl groups is 4. The molecule has 0 aromatic heterocycles. The number of likely N-dealkylation sites (N-methyl/N-ethyl adjacent to an activating group) is 1. The molecule has 0 aromatic carbocycles. The minimum atomic E-state index is -1.61. The van der Waals surface area contributed by atoms with Gasteiger partial charge in [-0.15, -0.1) is 0 Å². The Morgan fingerprint density at radius 3 is 2.20 bits per heavy atom. The third kappa shape index (κ3) is 5.08. The van der Waals surface area contributed by atoms with Crippen LogP contribution in [0, 0.1) is 0 Å². The summed E-state index contributed by atoms with van der Waals surface area (Å²) in [5.41, 5.74) is 0. The Morgan fingerprint density at radius 1 is 1.07 bits per heavy atom. The third-order valence-corrected chi connectivity index (χ3v) is 5.31. The molecule has 2 heterocycles. The zero-order valence-electron chi connectivity index (χ0n) is 17.7. The van der Waals surface area contributed by atoms with Crippen LogP contribution in [0.5, 0.6) is 0 Å². The summed E-state index contributed by atoms with van der Waals surface area (Å²) in [6.45, 7) is 2.39. The molecular formula is C18H32N2O10. The normalized spacial score (nSPS) is 41.9. The molecule has 5 N–H and O–H groups in total. The SMILES string of the molecule is COC1C(C(=O)N(C)C)OC(OC2C(O)C(CO)OC(C)C2NC(C)=O)C(O)C1O. The Bertz CT molecular complexity index is 606. The number of carbonyl (C=O) groups is 2. The smallest absolute Gasteiger partial charge is 0.254 e. The fourth-order valence-corrected chi connectivity index (χ4v) is 3.70. The van der Waals surface area contributed by atoms with E-state index in [-0.39, 0.29) is 0 Å². The summed E-state index contributed by atoms with van der Waals surface area (Å²) < 4.78 is 22.1. The molecular weight excluding hydrogens is 404 g/mol. The van der Waals surface area contributed by atoms with E-state index in [9.17, 15) is 30.0 Å². The molecule has 0 aliphatic carbocycles. The molecule has 10 unspecified atom stereocenters. The van der Waals surface area contributed by atoms with Crippen LogP contribution in [0.15, 0.2) is 0 Å². The molecule has 2 saturated heterocycles. The third-order valence-electron chi connectivity index (χ3n) is 5.31. The Labute approximate surface area is 174 Å². The number of nitrogens with one attached hydrogen (secondary N) is 1. The largest absolute Gasteiger partial charge is 0.394 e. The lowest BCUT2D eigenvalue weighted by Gasteiger charge is -2.47. The lowest BCUT2D eigenvalue weighted by molar-refractivity contribution is -0.326. The molecule has 0 radical (unpaired) electrons. The van der Waals surface area contributed by atoms with Gasteiger partial charge < -0.3 is 49.6 Å². The Hall–Kier alpha value is -1.38. The van der Waals surface area contributed by atoms with Crippen molar-refractivity contribution >= 4 is 11.8 Å². The van der Waals surface area contributed by atoms with Crippen LogP contribution in [0.25, 0.3) is 0 Å². The average Bonchev–Trinajstić information content (AvgIpc) is 2.69. The van der Waals surface area contributed by atoms with Crippen molar-refractivity contribution in [3.05, 3.63) is 0 Å². The minimum absolute atomic E-state index is 0.413. The Morgan fingerprint density at radius 2 is 1.70 bits per heavy atom. The second kappa shape index (κ2) is 10.3. The van der Waals surface area contributed by atoms with Crippen molar-refractivity contribution in [1.29, 1.82) is 0 Å². The molecule has 2 rings (SSSR count). The highest BCUT2D eigenvalue weighted by Gasteiger charge is 2.52. The number of hydrogen-bond donors (Lipinski definition) is 5. The van der Waals surface area contributed by atoms with E-state index in [0.29, 0.717) is 0 Å². The predicted octanol–water partition coefficient (Wildman–Crippen LogP) is -3.43. The molecule has 30 heavy (non-hydrogen) atoms. The Kier molecular flexibility index (Phi) is 8.53. The first-order valence-corrected chi connectivity index (χ1v) is 9.65. The molecule has 10 atom stereocenters. The maximum absolute atomic E-state index is 12.5. The van der Waals surface area contributed by atoms with Gasteiger partial charge in [-0.2, -0.15) is 0 Å². The highest BCUT2D eigenvalue weighted by molar-refractivity contribution is 5.81. The first-order valence-electron chi connectivity index (χ1n) is 9.65.